The Balaban J connectivity index is 1.88. The Kier molecular flexibility index (Phi) is 5.32. The van der Waals surface area contributed by atoms with Crippen molar-refractivity contribution in [3.63, 3.8) is 0 Å². The van der Waals surface area contributed by atoms with Crippen molar-refractivity contribution in [1.82, 2.24) is 4.90 Å². The van der Waals surface area contributed by atoms with Crippen LogP contribution in [0.5, 0.6) is 5.75 Å². The van der Waals surface area contributed by atoms with E-state index in [1.54, 1.807) is 24.3 Å². The van der Waals surface area contributed by atoms with E-state index in [1.165, 1.54) is 30.2 Å². The van der Waals surface area contributed by atoms with Crippen LogP contribution < -0.4 is 9.64 Å². The summed E-state index contributed by atoms with van der Waals surface area (Å²) >= 11 is 6.07. The predicted octanol–water partition coefficient (Wildman–Crippen LogP) is 5.01. The number of amides is 2. The lowest BCUT2D eigenvalue weighted by molar-refractivity contribution is -0.218. The molecule has 2 aliphatic heterocycles. The van der Waals surface area contributed by atoms with Crippen LogP contribution in [0.25, 0.3) is 0 Å². The molecule has 2 amide bonds. The van der Waals surface area contributed by atoms with Gasteiger partial charge in [0.25, 0.3) is 0 Å². The normalized spacial score (nSPS) is 19.9. The van der Waals surface area contributed by atoms with E-state index in [0.717, 1.165) is 13.3 Å². The first-order valence-electron chi connectivity index (χ1n) is 9.52. The number of hydrogen-bond donors (Lipinski definition) is 0. The van der Waals surface area contributed by atoms with Gasteiger partial charge in [-0.05, 0) is 35.9 Å². The van der Waals surface area contributed by atoms with Crippen molar-refractivity contribution >= 4 is 29.3 Å². The van der Waals surface area contributed by atoms with Gasteiger partial charge in [-0.1, -0.05) is 23.7 Å². The summed E-state index contributed by atoms with van der Waals surface area (Å²) in [5, 5.41) is 0.0811. The standard InChI is InChI=1S/C22H18ClF3N2O4/c1-31-16-6-3-13(4-7-16)11-27-18-8-5-15(23)9-17(18)21(22(24,25)26)10-14(19(29)32-2)12-28(21)20(27)30/h3-9,12H,10-11H2,1-2H3/t21-/m0/s1. The van der Waals surface area contributed by atoms with Gasteiger partial charge in [0, 0.05) is 23.2 Å². The summed E-state index contributed by atoms with van der Waals surface area (Å²) in [6, 6.07) is 9.92. The number of carbonyl (C=O) groups is 2. The lowest BCUT2D eigenvalue weighted by Gasteiger charge is -2.47. The molecular weight excluding hydrogens is 449 g/mol. The van der Waals surface area contributed by atoms with Crippen LogP contribution in [-0.2, 0) is 21.6 Å². The average molecular weight is 467 g/mol. The molecular formula is C22H18ClF3N2O4. The van der Waals surface area contributed by atoms with E-state index in [2.05, 4.69) is 4.74 Å². The van der Waals surface area contributed by atoms with E-state index in [4.69, 9.17) is 16.3 Å². The molecule has 2 heterocycles. The Morgan fingerprint density at radius 2 is 1.84 bits per heavy atom. The number of alkyl halides is 3. The maximum Gasteiger partial charge on any atom is 0.416 e. The first kappa shape index (κ1) is 22.0. The van der Waals surface area contributed by atoms with Gasteiger partial charge >= 0.3 is 18.2 Å². The zero-order valence-corrected chi connectivity index (χ0v) is 17.8. The Hall–Kier alpha value is -3.20. The zero-order chi connectivity index (χ0) is 23.3. The largest absolute Gasteiger partial charge is 0.497 e. The molecule has 4 rings (SSSR count). The minimum absolute atomic E-state index is 0.00327. The Morgan fingerprint density at radius 1 is 1.16 bits per heavy atom. The number of carbonyl (C=O) groups excluding carboxylic acids is 2. The molecule has 2 aromatic rings. The van der Waals surface area contributed by atoms with Crippen molar-refractivity contribution < 1.29 is 32.2 Å². The molecule has 0 saturated heterocycles. The number of methoxy groups -OCH3 is 2. The van der Waals surface area contributed by atoms with Gasteiger partial charge in [-0.15, -0.1) is 0 Å². The minimum Gasteiger partial charge on any atom is -0.497 e. The van der Waals surface area contributed by atoms with E-state index >= 15 is 0 Å². The van der Waals surface area contributed by atoms with Crippen LogP contribution in [0.15, 0.2) is 54.2 Å². The van der Waals surface area contributed by atoms with E-state index in [0.29, 0.717) is 16.2 Å². The van der Waals surface area contributed by atoms with Crippen LogP contribution in [0.4, 0.5) is 23.7 Å². The molecule has 0 saturated carbocycles. The highest BCUT2D eigenvalue weighted by atomic mass is 35.5. The van der Waals surface area contributed by atoms with Crippen molar-refractivity contribution in [1.29, 1.82) is 0 Å². The fourth-order valence-corrected chi connectivity index (χ4v) is 4.31. The monoisotopic (exact) mass is 466 g/mol. The van der Waals surface area contributed by atoms with Crippen LogP contribution in [0, 0.1) is 0 Å². The molecule has 10 heteroatoms. The molecule has 0 bridgehead atoms. The highest BCUT2D eigenvalue weighted by Crippen LogP contribution is 2.57. The Bertz CT molecular complexity index is 1120. The molecule has 2 aliphatic rings. The van der Waals surface area contributed by atoms with E-state index < -0.39 is 30.1 Å². The van der Waals surface area contributed by atoms with Gasteiger partial charge in [-0.2, -0.15) is 13.2 Å². The SMILES string of the molecule is COC(=O)C1=CN2C(=O)N(Cc3ccc(OC)cc3)c3ccc(Cl)cc3[C@]2(C(F)(F)F)C1. The molecule has 168 valence electrons. The van der Waals surface area contributed by atoms with Gasteiger partial charge < -0.3 is 9.47 Å². The smallest absolute Gasteiger partial charge is 0.416 e. The minimum atomic E-state index is -4.89. The summed E-state index contributed by atoms with van der Waals surface area (Å²) in [5.74, 6) is -0.326. The van der Waals surface area contributed by atoms with E-state index in [9.17, 15) is 22.8 Å². The van der Waals surface area contributed by atoms with E-state index in [-0.39, 0.29) is 28.4 Å². The van der Waals surface area contributed by atoms with E-state index in [1.807, 2.05) is 0 Å². The van der Waals surface area contributed by atoms with Crippen LogP contribution in [0.3, 0.4) is 0 Å². The summed E-state index contributed by atoms with van der Waals surface area (Å²) in [6.07, 6.45) is -4.73. The molecule has 0 spiro atoms. The summed E-state index contributed by atoms with van der Waals surface area (Å²) in [4.78, 5) is 27.3. The molecule has 0 aromatic heterocycles. The highest BCUT2D eigenvalue weighted by Gasteiger charge is 2.67. The molecule has 0 N–H and O–H groups in total. The molecule has 0 fully saturated rings. The first-order chi connectivity index (χ1) is 15.1. The Labute approximate surface area is 186 Å². The Morgan fingerprint density at radius 3 is 2.44 bits per heavy atom. The van der Waals surface area contributed by atoms with Crippen molar-refractivity contribution in [2.45, 2.75) is 24.7 Å². The number of halogens is 4. The molecule has 0 unspecified atom stereocenters. The zero-order valence-electron chi connectivity index (χ0n) is 17.1. The molecule has 2 aromatic carbocycles. The van der Waals surface area contributed by atoms with Gasteiger partial charge in [-0.3, -0.25) is 9.80 Å². The maximum atomic E-state index is 14.6. The molecule has 0 aliphatic carbocycles. The lowest BCUT2D eigenvalue weighted by Crippen LogP contribution is -2.60. The van der Waals surface area contributed by atoms with Crippen molar-refractivity contribution in [2.24, 2.45) is 0 Å². The number of hydrogen-bond acceptors (Lipinski definition) is 4. The number of benzene rings is 2. The average Bonchev–Trinajstić information content (AvgIpc) is 3.19. The maximum absolute atomic E-state index is 14.6. The van der Waals surface area contributed by atoms with Crippen LogP contribution in [-0.4, -0.2) is 37.3 Å². The molecule has 0 radical (unpaired) electrons. The molecule has 32 heavy (non-hydrogen) atoms. The van der Waals surface area contributed by atoms with Crippen molar-refractivity contribution in [2.75, 3.05) is 19.1 Å². The van der Waals surface area contributed by atoms with Crippen molar-refractivity contribution in [3.8, 4) is 5.75 Å². The van der Waals surface area contributed by atoms with Gasteiger partial charge in [-0.25, -0.2) is 9.59 Å². The lowest BCUT2D eigenvalue weighted by atomic mass is 9.81. The summed E-state index contributed by atoms with van der Waals surface area (Å²) < 4.78 is 53.5. The third-order valence-corrected chi connectivity index (χ3v) is 5.93. The van der Waals surface area contributed by atoms with Crippen LogP contribution in [0.1, 0.15) is 17.5 Å². The number of esters is 1. The fourth-order valence-electron chi connectivity index (χ4n) is 4.14. The number of ether oxygens (including phenoxy) is 2. The fraction of sp³-hybridized carbons (Fsp3) is 0.273. The van der Waals surface area contributed by atoms with Gasteiger partial charge in [0.1, 0.15) is 5.75 Å². The van der Waals surface area contributed by atoms with Crippen molar-refractivity contribution in [3.05, 3.63) is 70.4 Å². The van der Waals surface area contributed by atoms with Gasteiger partial charge in [0.15, 0.2) is 5.54 Å². The number of rotatable bonds is 4. The molecule has 6 nitrogen and oxygen atoms in total. The summed E-state index contributed by atoms with van der Waals surface area (Å²) in [5.41, 5.74) is -2.47. The quantitative estimate of drug-likeness (QED) is 0.594. The van der Waals surface area contributed by atoms with Crippen LogP contribution >= 0.6 is 11.6 Å². The number of urea groups is 1. The third kappa shape index (κ3) is 3.28. The van der Waals surface area contributed by atoms with Crippen LogP contribution in [0.2, 0.25) is 5.02 Å². The molecule has 1 atom stereocenters. The highest BCUT2D eigenvalue weighted by molar-refractivity contribution is 6.30. The van der Waals surface area contributed by atoms with Gasteiger partial charge in [0.2, 0.25) is 0 Å². The number of anilines is 1. The second-order valence-corrected chi connectivity index (χ2v) is 7.87. The summed E-state index contributed by atoms with van der Waals surface area (Å²) in [6.45, 7) is 0.00327. The third-order valence-electron chi connectivity index (χ3n) is 5.69. The topological polar surface area (TPSA) is 59.1 Å². The second-order valence-electron chi connectivity index (χ2n) is 7.43. The first-order valence-corrected chi connectivity index (χ1v) is 9.89. The number of nitrogens with zero attached hydrogens (tertiary/aromatic N) is 2. The number of fused-ring (bicyclic) bond motifs is 3. The van der Waals surface area contributed by atoms with Gasteiger partial charge in [0.05, 0.1) is 32.0 Å². The second kappa shape index (κ2) is 7.74. The summed E-state index contributed by atoms with van der Waals surface area (Å²) in [7, 11) is 2.59. The predicted molar refractivity (Wildman–Crippen MR) is 110 cm³/mol.